The highest BCUT2D eigenvalue weighted by Gasteiger charge is 2.24. The van der Waals surface area contributed by atoms with Gasteiger partial charge in [0, 0.05) is 10.6 Å². The van der Waals surface area contributed by atoms with Crippen molar-refractivity contribution in [3.8, 4) is 5.75 Å². The molecule has 0 fully saturated rings. The Balaban J connectivity index is 1.86. The molecule has 1 aromatic heterocycles. The number of oxazole rings is 1. The molecule has 1 unspecified atom stereocenters. The van der Waals surface area contributed by atoms with Crippen molar-refractivity contribution in [1.29, 1.82) is 0 Å². The van der Waals surface area contributed by atoms with Gasteiger partial charge in [0.1, 0.15) is 11.5 Å². The van der Waals surface area contributed by atoms with Crippen LogP contribution in [0.2, 0.25) is 5.02 Å². The molecule has 0 radical (unpaired) electrons. The number of carbonyl (C=O) groups is 1. The van der Waals surface area contributed by atoms with Crippen molar-refractivity contribution in [2.45, 2.75) is 25.8 Å². The standard InChI is InChI=1S/C15H15ClN2O3/c1-9-14(17-8-21-9)15(19)18-12-3-2-6-20-13-7-10(16)4-5-11(12)13/h4-5,7-8,12H,2-3,6H2,1H3,(H,18,19). The number of hydrogen-bond acceptors (Lipinski definition) is 4. The Kier molecular flexibility index (Phi) is 3.84. The number of carbonyl (C=O) groups excluding carboxylic acids is 1. The van der Waals surface area contributed by atoms with Gasteiger partial charge in [0.15, 0.2) is 12.1 Å². The molecule has 2 aromatic rings. The minimum atomic E-state index is -0.242. The highest BCUT2D eigenvalue weighted by Crippen LogP contribution is 2.33. The van der Waals surface area contributed by atoms with E-state index >= 15 is 0 Å². The van der Waals surface area contributed by atoms with E-state index in [-0.39, 0.29) is 11.9 Å². The van der Waals surface area contributed by atoms with Gasteiger partial charge in [-0.1, -0.05) is 17.7 Å². The molecule has 0 aliphatic carbocycles. The van der Waals surface area contributed by atoms with Gasteiger partial charge < -0.3 is 14.5 Å². The minimum absolute atomic E-state index is 0.122. The molecule has 0 bridgehead atoms. The number of nitrogens with zero attached hydrogens (tertiary/aromatic N) is 1. The van der Waals surface area contributed by atoms with Gasteiger partial charge in [-0.3, -0.25) is 4.79 Å². The lowest BCUT2D eigenvalue weighted by molar-refractivity contribution is 0.0928. The zero-order valence-corrected chi connectivity index (χ0v) is 12.3. The molecule has 110 valence electrons. The van der Waals surface area contributed by atoms with E-state index in [4.69, 9.17) is 20.8 Å². The Hall–Kier alpha value is -2.01. The van der Waals surface area contributed by atoms with E-state index < -0.39 is 0 Å². The van der Waals surface area contributed by atoms with Gasteiger partial charge in [0.2, 0.25) is 0 Å². The monoisotopic (exact) mass is 306 g/mol. The summed E-state index contributed by atoms with van der Waals surface area (Å²) in [5, 5.41) is 3.61. The fraction of sp³-hybridized carbons (Fsp3) is 0.333. The third-order valence-electron chi connectivity index (χ3n) is 3.51. The Morgan fingerprint density at radius 3 is 3.10 bits per heavy atom. The maximum atomic E-state index is 12.3. The molecule has 1 aliphatic rings. The van der Waals surface area contributed by atoms with E-state index in [0.29, 0.717) is 23.1 Å². The first-order valence-electron chi connectivity index (χ1n) is 6.78. The summed E-state index contributed by atoms with van der Waals surface area (Å²) in [6, 6.07) is 5.35. The summed E-state index contributed by atoms with van der Waals surface area (Å²) < 4.78 is 10.8. The van der Waals surface area contributed by atoms with E-state index in [1.165, 1.54) is 6.39 Å². The molecule has 1 N–H and O–H groups in total. The fourth-order valence-corrected chi connectivity index (χ4v) is 2.61. The molecule has 2 heterocycles. The third-order valence-corrected chi connectivity index (χ3v) is 3.75. The number of fused-ring (bicyclic) bond motifs is 1. The van der Waals surface area contributed by atoms with E-state index in [9.17, 15) is 4.79 Å². The van der Waals surface area contributed by atoms with Crippen LogP contribution in [0.5, 0.6) is 5.75 Å². The predicted octanol–water partition coefficient (Wildman–Crippen LogP) is 3.28. The van der Waals surface area contributed by atoms with Gasteiger partial charge >= 0.3 is 0 Å². The maximum Gasteiger partial charge on any atom is 0.274 e. The summed E-state index contributed by atoms with van der Waals surface area (Å²) in [7, 11) is 0. The first kappa shape index (κ1) is 13.9. The number of ether oxygens (including phenoxy) is 1. The molecule has 0 spiro atoms. The molecule has 1 amide bonds. The maximum absolute atomic E-state index is 12.3. The molecular weight excluding hydrogens is 292 g/mol. The molecule has 5 nitrogen and oxygen atoms in total. The van der Waals surface area contributed by atoms with Crippen molar-refractivity contribution >= 4 is 17.5 Å². The zero-order chi connectivity index (χ0) is 14.8. The van der Waals surface area contributed by atoms with Crippen LogP contribution in [0.3, 0.4) is 0 Å². The summed E-state index contributed by atoms with van der Waals surface area (Å²) in [4.78, 5) is 16.2. The molecule has 6 heteroatoms. The minimum Gasteiger partial charge on any atom is -0.493 e. The summed E-state index contributed by atoms with van der Waals surface area (Å²) >= 11 is 6.00. The lowest BCUT2D eigenvalue weighted by Gasteiger charge is -2.18. The number of aryl methyl sites for hydroxylation is 1. The van der Waals surface area contributed by atoms with Crippen molar-refractivity contribution in [3.05, 3.63) is 46.6 Å². The average molecular weight is 307 g/mol. The molecule has 1 atom stereocenters. The summed E-state index contributed by atoms with van der Waals surface area (Å²) in [6.07, 6.45) is 2.93. The Morgan fingerprint density at radius 2 is 2.33 bits per heavy atom. The van der Waals surface area contributed by atoms with Gasteiger partial charge in [0.25, 0.3) is 5.91 Å². The fourth-order valence-electron chi connectivity index (χ4n) is 2.45. The van der Waals surface area contributed by atoms with Gasteiger partial charge in [-0.25, -0.2) is 4.98 Å². The number of amides is 1. The molecule has 0 saturated carbocycles. The van der Waals surface area contributed by atoms with Gasteiger partial charge in [-0.2, -0.15) is 0 Å². The van der Waals surface area contributed by atoms with Gasteiger partial charge in [-0.05, 0) is 31.9 Å². The second-order valence-corrected chi connectivity index (χ2v) is 5.39. The molecule has 0 saturated heterocycles. The van der Waals surface area contributed by atoms with Crippen molar-refractivity contribution in [3.63, 3.8) is 0 Å². The second kappa shape index (κ2) is 5.77. The van der Waals surface area contributed by atoms with E-state index in [1.54, 1.807) is 19.1 Å². The quantitative estimate of drug-likeness (QED) is 0.924. The van der Waals surface area contributed by atoms with Crippen molar-refractivity contribution < 1.29 is 13.9 Å². The number of aromatic nitrogens is 1. The zero-order valence-electron chi connectivity index (χ0n) is 11.6. The highest BCUT2D eigenvalue weighted by molar-refractivity contribution is 6.30. The van der Waals surface area contributed by atoms with Crippen LogP contribution in [-0.4, -0.2) is 17.5 Å². The lowest BCUT2D eigenvalue weighted by Crippen LogP contribution is -2.29. The van der Waals surface area contributed by atoms with Crippen molar-refractivity contribution in [1.82, 2.24) is 10.3 Å². The lowest BCUT2D eigenvalue weighted by atomic mass is 10.0. The van der Waals surface area contributed by atoms with E-state index in [1.807, 2.05) is 6.07 Å². The molecule has 21 heavy (non-hydrogen) atoms. The largest absolute Gasteiger partial charge is 0.493 e. The van der Waals surface area contributed by atoms with Crippen LogP contribution in [0.1, 0.15) is 40.7 Å². The van der Waals surface area contributed by atoms with Crippen LogP contribution in [0.4, 0.5) is 0 Å². The molecule has 1 aromatic carbocycles. The Bertz CT molecular complexity index is 669. The second-order valence-electron chi connectivity index (χ2n) is 4.96. The summed E-state index contributed by atoms with van der Waals surface area (Å²) in [5.74, 6) is 0.991. The first-order chi connectivity index (χ1) is 10.1. The molecular formula is C15H15ClN2O3. The number of nitrogens with one attached hydrogen (secondary N) is 1. The third kappa shape index (κ3) is 2.88. The normalized spacial score (nSPS) is 17.5. The highest BCUT2D eigenvalue weighted by atomic mass is 35.5. The van der Waals surface area contributed by atoms with Gasteiger partial charge in [-0.15, -0.1) is 0 Å². The molecule has 3 rings (SSSR count). The van der Waals surface area contributed by atoms with Crippen LogP contribution >= 0.6 is 11.6 Å². The average Bonchev–Trinajstić information content (AvgIpc) is 2.79. The first-order valence-corrected chi connectivity index (χ1v) is 7.16. The predicted molar refractivity (Wildman–Crippen MR) is 77.6 cm³/mol. The topological polar surface area (TPSA) is 64.4 Å². The number of halogens is 1. The Morgan fingerprint density at radius 1 is 1.48 bits per heavy atom. The number of benzene rings is 1. The van der Waals surface area contributed by atoms with Crippen LogP contribution in [0, 0.1) is 6.92 Å². The van der Waals surface area contributed by atoms with E-state index in [2.05, 4.69) is 10.3 Å². The summed E-state index contributed by atoms with van der Waals surface area (Å²) in [6.45, 7) is 2.33. The van der Waals surface area contributed by atoms with Crippen LogP contribution in [-0.2, 0) is 0 Å². The van der Waals surface area contributed by atoms with Crippen LogP contribution in [0.25, 0.3) is 0 Å². The molecule has 1 aliphatic heterocycles. The van der Waals surface area contributed by atoms with Crippen LogP contribution < -0.4 is 10.1 Å². The van der Waals surface area contributed by atoms with Gasteiger partial charge in [0.05, 0.1) is 12.6 Å². The smallest absolute Gasteiger partial charge is 0.274 e. The summed E-state index contributed by atoms with van der Waals surface area (Å²) in [5.41, 5.74) is 1.25. The SMILES string of the molecule is Cc1ocnc1C(=O)NC1CCCOc2cc(Cl)ccc21. The van der Waals surface area contributed by atoms with Crippen LogP contribution in [0.15, 0.2) is 29.0 Å². The number of hydrogen-bond donors (Lipinski definition) is 1. The number of rotatable bonds is 2. The van der Waals surface area contributed by atoms with E-state index in [0.717, 1.165) is 24.2 Å². The Labute approximate surface area is 127 Å². The van der Waals surface area contributed by atoms with Crippen molar-refractivity contribution in [2.24, 2.45) is 0 Å². The van der Waals surface area contributed by atoms with Crippen molar-refractivity contribution in [2.75, 3.05) is 6.61 Å².